The molecule has 4 nitrogen and oxygen atoms in total. The lowest BCUT2D eigenvalue weighted by molar-refractivity contribution is 0.380. The fourth-order valence-corrected chi connectivity index (χ4v) is 4.54. The van der Waals surface area contributed by atoms with Gasteiger partial charge in [0.2, 0.25) is 0 Å². The molecule has 6 heteroatoms. The van der Waals surface area contributed by atoms with E-state index in [9.17, 15) is 8.42 Å². The minimum absolute atomic E-state index is 0.0501. The molecule has 0 radical (unpaired) electrons. The molecular weight excluding hydrogens is 364 g/mol. The van der Waals surface area contributed by atoms with Gasteiger partial charge in [-0.25, -0.2) is 8.42 Å². The van der Waals surface area contributed by atoms with E-state index in [4.69, 9.17) is 12.2 Å². The monoisotopic (exact) mass is 386 g/mol. The van der Waals surface area contributed by atoms with Crippen molar-refractivity contribution in [2.75, 3.05) is 11.1 Å². The summed E-state index contributed by atoms with van der Waals surface area (Å²) in [6.45, 7) is 4.59. The molecule has 0 saturated heterocycles. The van der Waals surface area contributed by atoms with Crippen molar-refractivity contribution in [1.29, 1.82) is 0 Å². The van der Waals surface area contributed by atoms with Gasteiger partial charge in [-0.2, -0.15) is 0 Å². The van der Waals surface area contributed by atoms with Gasteiger partial charge in [0, 0.05) is 17.6 Å². The first-order valence-electron chi connectivity index (χ1n) is 8.44. The fourth-order valence-electron chi connectivity index (χ4n) is 2.93. The van der Waals surface area contributed by atoms with E-state index < -0.39 is 9.84 Å². The summed E-state index contributed by atoms with van der Waals surface area (Å²) in [5.41, 5.74) is 4.25. The Labute approximate surface area is 160 Å². The van der Waals surface area contributed by atoms with E-state index in [2.05, 4.69) is 11.4 Å². The Bertz CT molecular complexity index is 938. The van der Waals surface area contributed by atoms with Crippen LogP contribution in [0.25, 0.3) is 0 Å². The molecule has 2 aromatic carbocycles. The van der Waals surface area contributed by atoms with Crippen LogP contribution in [0.2, 0.25) is 0 Å². The third-order valence-electron chi connectivity index (χ3n) is 4.40. The van der Waals surface area contributed by atoms with Gasteiger partial charge in [-0.05, 0) is 54.9 Å². The second kappa shape index (κ2) is 7.60. The summed E-state index contributed by atoms with van der Waals surface area (Å²) in [7, 11) is -3.16. The maximum Gasteiger partial charge on any atom is 0.174 e. The largest absolute Gasteiger partial charge is 0.337 e. The van der Waals surface area contributed by atoms with Gasteiger partial charge >= 0.3 is 0 Å². The number of nitrogens with zero attached hydrogens (tertiary/aromatic N) is 1. The zero-order valence-electron chi connectivity index (χ0n) is 14.8. The summed E-state index contributed by atoms with van der Waals surface area (Å²) < 4.78 is 23.8. The van der Waals surface area contributed by atoms with Gasteiger partial charge in [-0.15, -0.1) is 0 Å². The van der Waals surface area contributed by atoms with E-state index in [1.807, 2.05) is 61.2 Å². The first kappa shape index (κ1) is 18.6. The zero-order valence-corrected chi connectivity index (χ0v) is 16.5. The first-order valence-corrected chi connectivity index (χ1v) is 10.6. The molecule has 0 unspecified atom stereocenters. The molecule has 136 valence electrons. The Kier molecular flexibility index (Phi) is 5.44. The van der Waals surface area contributed by atoms with E-state index in [0.29, 0.717) is 11.7 Å². The topological polar surface area (TPSA) is 49.4 Å². The van der Waals surface area contributed by atoms with Crippen molar-refractivity contribution in [3.05, 3.63) is 76.7 Å². The molecule has 26 heavy (non-hydrogen) atoms. The molecular formula is C20H22N2O2S2. The Morgan fingerprint density at radius 3 is 2.58 bits per heavy atom. The van der Waals surface area contributed by atoms with Crippen LogP contribution in [-0.2, 0) is 16.4 Å². The molecule has 0 amide bonds. The van der Waals surface area contributed by atoms with Crippen LogP contribution in [0.15, 0.2) is 60.0 Å². The van der Waals surface area contributed by atoms with Crippen molar-refractivity contribution >= 4 is 32.9 Å². The SMILES string of the molecule is Cc1ccc(C)c(NC(=S)N(Cc2ccccc2)[C@@H]2C=CS(=O)(=O)C2)c1. The van der Waals surface area contributed by atoms with Crippen molar-refractivity contribution in [2.45, 2.75) is 26.4 Å². The minimum atomic E-state index is -3.16. The molecule has 0 saturated carbocycles. The molecule has 1 aliphatic heterocycles. The number of aryl methyl sites for hydroxylation is 2. The summed E-state index contributed by atoms with van der Waals surface area (Å²) in [5, 5.41) is 5.11. The van der Waals surface area contributed by atoms with Crippen molar-refractivity contribution in [3.8, 4) is 0 Å². The minimum Gasteiger partial charge on any atom is -0.337 e. The van der Waals surface area contributed by atoms with Crippen LogP contribution >= 0.6 is 12.2 Å². The predicted octanol–water partition coefficient (Wildman–Crippen LogP) is 3.81. The van der Waals surface area contributed by atoms with E-state index in [1.165, 1.54) is 5.41 Å². The second-order valence-electron chi connectivity index (χ2n) is 6.59. The molecule has 0 aromatic heterocycles. The van der Waals surface area contributed by atoms with Gasteiger partial charge in [-0.3, -0.25) is 0 Å². The third kappa shape index (κ3) is 4.51. The predicted molar refractivity (Wildman–Crippen MR) is 111 cm³/mol. The zero-order chi connectivity index (χ0) is 18.7. The number of sulfone groups is 1. The number of anilines is 1. The lowest BCUT2D eigenvalue weighted by Gasteiger charge is -2.31. The Balaban J connectivity index is 1.86. The van der Waals surface area contributed by atoms with Gasteiger partial charge in [0.25, 0.3) is 0 Å². The van der Waals surface area contributed by atoms with Crippen LogP contribution in [0.4, 0.5) is 5.69 Å². The standard InChI is InChI=1S/C20H22N2O2S2/c1-15-8-9-16(2)19(12-15)21-20(25)22(13-17-6-4-3-5-7-17)18-10-11-26(23,24)14-18/h3-12,18H,13-14H2,1-2H3,(H,21,25)/t18-/m1/s1. The van der Waals surface area contributed by atoms with E-state index in [0.717, 1.165) is 22.4 Å². The maximum atomic E-state index is 11.9. The lowest BCUT2D eigenvalue weighted by atomic mass is 10.1. The normalized spacial score (nSPS) is 17.8. The van der Waals surface area contributed by atoms with Crippen LogP contribution in [0, 0.1) is 13.8 Å². The first-order chi connectivity index (χ1) is 12.3. The lowest BCUT2D eigenvalue weighted by Crippen LogP contribution is -2.42. The number of nitrogens with one attached hydrogen (secondary N) is 1. The molecule has 0 bridgehead atoms. The van der Waals surface area contributed by atoms with Crippen LogP contribution < -0.4 is 5.32 Å². The Morgan fingerprint density at radius 1 is 1.19 bits per heavy atom. The molecule has 1 atom stereocenters. The van der Waals surface area contributed by atoms with Gasteiger partial charge in [0.15, 0.2) is 14.9 Å². The Morgan fingerprint density at radius 2 is 1.92 bits per heavy atom. The van der Waals surface area contributed by atoms with Crippen LogP contribution in [0.5, 0.6) is 0 Å². The average molecular weight is 387 g/mol. The highest BCUT2D eigenvalue weighted by molar-refractivity contribution is 7.94. The van der Waals surface area contributed by atoms with Crippen molar-refractivity contribution < 1.29 is 8.42 Å². The van der Waals surface area contributed by atoms with Crippen LogP contribution in [-0.4, -0.2) is 30.2 Å². The summed E-state index contributed by atoms with van der Waals surface area (Å²) in [5.74, 6) is 0.0501. The molecule has 0 aliphatic carbocycles. The van der Waals surface area contributed by atoms with Crippen molar-refractivity contribution in [2.24, 2.45) is 0 Å². The number of hydrogen-bond acceptors (Lipinski definition) is 3. The molecule has 1 N–H and O–H groups in total. The van der Waals surface area contributed by atoms with Gasteiger partial charge in [0.1, 0.15) is 0 Å². The fraction of sp³-hybridized carbons (Fsp3) is 0.250. The van der Waals surface area contributed by atoms with E-state index >= 15 is 0 Å². The highest BCUT2D eigenvalue weighted by atomic mass is 32.2. The summed E-state index contributed by atoms with van der Waals surface area (Å²) >= 11 is 5.66. The van der Waals surface area contributed by atoms with Crippen molar-refractivity contribution in [1.82, 2.24) is 4.90 Å². The molecule has 1 heterocycles. The molecule has 0 spiro atoms. The summed E-state index contributed by atoms with van der Waals surface area (Å²) in [6.07, 6.45) is 1.72. The highest BCUT2D eigenvalue weighted by Crippen LogP contribution is 2.21. The number of hydrogen-bond donors (Lipinski definition) is 1. The molecule has 0 fully saturated rings. The Hall–Kier alpha value is -2.18. The van der Waals surface area contributed by atoms with E-state index in [1.54, 1.807) is 6.08 Å². The number of rotatable bonds is 4. The summed E-state index contributed by atoms with van der Waals surface area (Å²) in [4.78, 5) is 1.94. The van der Waals surface area contributed by atoms with Gasteiger partial charge in [0.05, 0.1) is 11.8 Å². The summed E-state index contributed by atoms with van der Waals surface area (Å²) in [6, 6.07) is 15.8. The van der Waals surface area contributed by atoms with Crippen molar-refractivity contribution in [3.63, 3.8) is 0 Å². The number of benzene rings is 2. The van der Waals surface area contributed by atoms with Crippen LogP contribution in [0.3, 0.4) is 0 Å². The molecule has 1 aliphatic rings. The molecule has 2 aromatic rings. The average Bonchev–Trinajstić information content (AvgIpc) is 2.96. The smallest absolute Gasteiger partial charge is 0.174 e. The van der Waals surface area contributed by atoms with Gasteiger partial charge < -0.3 is 10.2 Å². The molecule has 3 rings (SSSR count). The highest BCUT2D eigenvalue weighted by Gasteiger charge is 2.29. The quantitative estimate of drug-likeness (QED) is 0.810. The second-order valence-corrected chi connectivity index (χ2v) is 8.91. The van der Waals surface area contributed by atoms with Crippen LogP contribution in [0.1, 0.15) is 16.7 Å². The third-order valence-corrected chi connectivity index (χ3v) is 6.12. The van der Waals surface area contributed by atoms with Gasteiger partial charge in [-0.1, -0.05) is 42.5 Å². The maximum absolute atomic E-state index is 11.9. The van der Waals surface area contributed by atoms with E-state index in [-0.39, 0.29) is 11.8 Å². The number of thiocarbonyl (C=S) groups is 1.